The first-order valence-corrected chi connectivity index (χ1v) is 3.24. The van der Waals surface area contributed by atoms with E-state index in [0.29, 0.717) is 0 Å². The fourth-order valence-electron chi connectivity index (χ4n) is 0.0913. The molecule has 0 heterocycles. The van der Waals surface area contributed by atoms with E-state index in [1.54, 1.807) is 0 Å². The lowest BCUT2D eigenvalue weighted by molar-refractivity contribution is -0.180. The molecule has 4 nitrogen and oxygen atoms in total. The lowest BCUT2D eigenvalue weighted by atomic mass is 10.7. The predicted molar refractivity (Wildman–Crippen MR) is 27.3 cm³/mol. The van der Waals surface area contributed by atoms with Crippen molar-refractivity contribution in [3.05, 3.63) is 0 Å². The number of aliphatic hydroxyl groups is 1. The van der Waals surface area contributed by atoms with Crippen molar-refractivity contribution in [3.8, 4) is 0 Å². The van der Waals surface area contributed by atoms with Crippen LogP contribution in [0.1, 0.15) is 6.92 Å². The van der Waals surface area contributed by atoms with Crippen LogP contribution in [0.5, 0.6) is 0 Å². The highest BCUT2D eigenvalue weighted by molar-refractivity contribution is 7.38. The maximum Gasteiger partial charge on any atom is 0.361 e. The summed E-state index contributed by atoms with van der Waals surface area (Å²) in [5.74, 6) is 0. The minimum absolute atomic E-state index is 1.17. The first-order valence-electron chi connectivity index (χ1n) is 2.06. The van der Waals surface area contributed by atoms with E-state index in [0.717, 1.165) is 0 Å². The number of rotatable bonds is 2. The van der Waals surface area contributed by atoms with Crippen molar-refractivity contribution >= 4 is 8.03 Å². The third-order valence-corrected chi connectivity index (χ3v) is 1.76. The summed E-state index contributed by atoms with van der Waals surface area (Å²) in [6.45, 7) is 1.17. The molecule has 2 N–H and O–H groups in total. The van der Waals surface area contributed by atoms with Crippen LogP contribution >= 0.6 is 8.03 Å². The maximum atomic E-state index is 9.98. The van der Waals surface area contributed by atoms with Crippen LogP contribution in [-0.4, -0.2) is 17.6 Å². The van der Waals surface area contributed by atoms with Crippen LogP contribution in [0.4, 0.5) is 0 Å². The van der Waals surface area contributed by atoms with Crippen molar-refractivity contribution in [2.45, 2.75) is 12.4 Å². The second-order valence-corrected chi connectivity index (χ2v) is 2.91. The Morgan fingerprint density at radius 1 is 1.88 bits per heavy atom. The smallest absolute Gasteiger partial charge is 0.361 e. The quantitative estimate of drug-likeness (QED) is 0.377. The molecule has 0 saturated heterocycles. The van der Waals surface area contributed by atoms with Crippen molar-refractivity contribution in [3.63, 3.8) is 0 Å². The van der Waals surface area contributed by atoms with Crippen LogP contribution in [0.3, 0.4) is 0 Å². The Bertz CT molecular complexity index is 103. The Morgan fingerprint density at radius 3 is 2.25 bits per heavy atom. The summed E-state index contributed by atoms with van der Waals surface area (Å²) in [5, 5.41) is 10.9. The lowest BCUT2D eigenvalue weighted by Gasteiger charge is -2.10. The zero-order chi connectivity index (χ0) is 6.78. The van der Waals surface area contributed by atoms with Crippen molar-refractivity contribution in [2.75, 3.05) is 7.05 Å². The monoisotopic (exact) mass is 137 g/mol. The average Bonchev–Trinajstić information content (AvgIpc) is 1.67. The van der Waals surface area contributed by atoms with Gasteiger partial charge in [-0.05, 0) is 7.05 Å². The molecule has 2 unspecified atom stereocenters. The van der Waals surface area contributed by atoms with Crippen molar-refractivity contribution in [1.29, 1.82) is 0 Å². The number of hydrogen-bond acceptors (Lipinski definition) is 4. The minimum Gasteiger partial charge on any atom is -0.592 e. The van der Waals surface area contributed by atoms with E-state index in [1.807, 2.05) is 0 Å². The van der Waals surface area contributed by atoms with Gasteiger partial charge in [-0.25, -0.2) is 0 Å². The summed E-state index contributed by atoms with van der Waals surface area (Å²) in [6, 6.07) is 0. The van der Waals surface area contributed by atoms with E-state index < -0.39 is 13.5 Å². The van der Waals surface area contributed by atoms with Gasteiger partial charge in [0, 0.05) is 6.92 Å². The molecular formula is C3H8NO3P. The largest absolute Gasteiger partial charge is 0.592 e. The highest BCUT2D eigenvalue weighted by Crippen LogP contribution is 2.23. The molecular weight excluding hydrogens is 129 g/mol. The van der Waals surface area contributed by atoms with Crippen LogP contribution in [-0.2, 0) is 4.57 Å². The molecule has 0 rings (SSSR count). The third kappa shape index (κ3) is 1.84. The van der Waals surface area contributed by atoms with E-state index in [2.05, 4.69) is 5.32 Å². The van der Waals surface area contributed by atoms with Gasteiger partial charge in [0.25, 0.3) is 0 Å². The molecule has 5 heteroatoms. The maximum absolute atomic E-state index is 9.98. The second kappa shape index (κ2) is 2.51. The van der Waals surface area contributed by atoms with Crippen molar-refractivity contribution in [1.82, 2.24) is 5.32 Å². The Hall–Kier alpha value is -0.0200. The summed E-state index contributed by atoms with van der Waals surface area (Å²) in [5.41, 5.74) is -1.75. The highest BCUT2D eigenvalue weighted by atomic mass is 31.1. The predicted octanol–water partition coefficient (Wildman–Crippen LogP) is -1.03. The SMILES string of the molecule is CNC(C)(O)[P+](=O)[O-]. The lowest BCUT2D eigenvalue weighted by Crippen LogP contribution is -2.37. The van der Waals surface area contributed by atoms with Crippen LogP contribution in [0.15, 0.2) is 0 Å². The average molecular weight is 137 g/mol. The summed E-state index contributed by atoms with van der Waals surface area (Å²) in [7, 11) is -1.43. The van der Waals surface area contributed by atoms with Gasteiger partial charge < -0.3 is 10.00 Å². The minimum atomic E-state index is -2.80. The molecule has 0 aromatic rings. The van der Waals surface area contributed by atoms with Gasteiger partial charge >= 0.3 is 13.5 Å². The standard InChI is InChI=1S/C3H8NO3P/c1-3(5,4-2)8(6)7/h4-5H,1-2H3. The van der Waals surface area contributed by atoms with E-state index in [9.17, 15) is 9.46 Å². The van der Waals surface area contributed by atoms with Crippen LogP contribution < -0.4 is 10.2 Å². The summed E-state index contributed by atoms with van der Waals surface area (Å²) >= 11 is 0. The normalized spacial score (nSPS) is 19.8. The van der Waals surface area contributed by atoms with Gasteiger partial charge in [0.1, 0.15) is 0 Å². The molecule has 0 amide bonds. The topological polar surface area (TPSA) is 72.4 Å². The van der Waals surface area contributed by atoms with Crippen molar-refractivity contribution in [2.24, 2.45) is 0 Å². The summed E-state index contributed by atoms with van der Waals surface area (Å²) in [6.07, 6.45) is 0. The highest BCUT2D eigenvalue weighted by Gasteiger charge is 2.32. The fraction of sp³-hybridized carbons (Fsp3) is 1.00. The molecule has 0 fully saturated rings. The molecule has 48 valence electrons. The zero-order valence-corrected chi connectivity index (χ0v) is 5.61. The number of nitrogens with one attached hydrogen (secondary N) is 1. The molecule has 0 aliphatic heterocycles. The summed E-state index contributed by atoms with van der Waals surface area (Å²) in [4.78, 5) is 9.98. The number of hydrogen-bond donors (Lipinski definition) is 2. The van der Waals surface area contributed by atoms with E-state index in [-0.39, 0.29) is 0 Å². The van der Waals surface area contributed by atoms with Gasteiger partial charge in [-0.1, -0.05) is 4.57 Å². The summed E-state index contributed by atoms with van der Waals surface area (Å²) < 4.78 is 9.98. The molecule has 0 aliphatic rings. The zero-order valence-electron chi connectivity index (χ0n) is 4.71. The van der Waals surface area contributed by atoms with E-state index >= 15 is 0 Å². The second-order valence-electron chi connectivity index (χ2n) is 1.53. The van der Waals surface area contributed by atoms with E-state index in [4.69, 9.17) is 5.11 Å². The molecule has 8 heavy (non-hydrogen) atoms. The van der Waals surface area contributed by atoms with Crippen molar-refractivity contribution < 1.29 is 14.6 Å². The van der Waals surface area contributed by atoms with Gasteiger partial charge in [-0.15, -0.1) is 0 Å². The van der Waals surface area contributed by atoms with Crippen LogP contribution in [0.25, 0.3) is 0 Å². The fourth-order valence-corrected chi connectivity index (χ4v) is 0.274. The Kier molecular flexibility index (Phi) is 2.50. The molecule has 0 aromatic carbocycles. The van der Waals surface area contributed by atoms with Gasteiger partial charge in [0.05, 0.1) is 0 Å². The Morgan fingerprint density at radius 2 is 2.25 bits per heavy atom. The Balaban J connectivity index is 3.91. The molecule has 0 bridgehead atoms. The Labute approximate surface area is 48.4 Å². The van der Waals surface area contributed by atoms with Crippen LogP contribution in [0, 0.1) is 0 Å². The first kappa shape index (κ1) is 7.98. The van der Waals surface area contributed by atoms with Gasteiger partial charge in [-0.3, -0.25) is 5.32 Å². The molecule has 0 saturated carbocycles. The first-order chi connectivity index (χ1) is 3.50. The molecule has 0 aliphatic carbocycles. The van der Waals surface area contributed by atoms with E-state index in [1.165, 1.54) is 14.0 Å². The molecule has 2 atom stereocenters. The van der Waals surface area contributed by atoms with Gasteiger partial charge in [-0.2, -0.15) is 0 Å². The third-order valence-electron chi connectivity index (χ3n) is 0.829. The van der Waals surface area contributed by atoms with Gasteiger partial charge in [0.15, 0.2) is 0 Å². The van der Waals surface area contributed by atoms with Crippen LogP contribution in [0.2, 0.25) is 0 Å². The molecule has 0 radical (unpaired) electrons. The molecule has 0 aromatic heterocycles. The van der Waals surface area contributed by atoms with Gasteiger partial charge in [0.2, 0.25) is 0 Å². The molecule has 0 spiro atoms.